The van der Waals surface area contributed by atoms with Crippen LogP contribution in [0, 0.1) is 22.9 Å². The first-order valence-corrected chi connectivity index (χ1v) is 7.23. The molecule has 0 fully saturated rings. The lowest BCUT2D eigenvalue weighted by molar-refractivity contribution is -0.384. The van der Waals surface area contributed by atoms with E-state index in [-0.39, 0.29) is 42.2 Å². The summed E-state index contributed by atoms with van der Waals surface area (Å²) in [5.74, 6) is -2.16. The highest BCUT2D eigenvalue weighted by Crippen LogP contribution is 2.31. The van der Waals surface area contributed by atoms with Crippen molar-refractivity contribution in [1.82, 2.24) is 4.90 Å². The molecule has 1 aromatic carbocycles. The highest BCUT2D eigenvalue weighted by molar-refractivity contribution is 6.08. The Kier molecular flexibility index (Phi) is 5.32. The number of esters is 1. The summed E-state index contributed by atoms with van der Waals surface area (Å²) < 4.78 is 18.2. The van der Waals surface area contributed by atoms with E-state index < -0.39 is 28.3 Å². The van der Waals surface area contributed by atoms with Crippen molar-refractivity contribution in [3.8, 4) is 0 Å². The Bertz CT molecular complexity index is 777. The maximum atomic E-state index is 13.6. The molecule has 0 aliphatic carbocycles. The van der Waals surface area contributed by atoms with Gasteiger partial charge in [-0.05, 0) is 18.6 Å². The van der Waals surface area contributed by atoms with Gasteiger partial charge in [-0.1, -0.05) is 0 Å². The molecule has 2 N–H and O–H groups in total. The SMILES string of the molecule is COC(=O)C1=C(Nc2cc(C)c(F)cc2[N+](=O)[O-])C(=O)N(CCO)C1. The molecule has 25 heavy (non-hydrogen) atoms. The monoisotopic (exact) mass is 353 g/mol. The summed E-state index contributed by atoms with van der Waals surface area (Å²) >= 11 is 0. The summed E-state index contributed by atoms with van der Waals surface area (Å²) in [5, 5.41) is 22.7. The number of nitrogens with zero attached hydrogens (tertiary/aromatic N) is 2. The summed E-state index contributed by atoms with van der Waals surface area (Å²) in [6.07, 6.45) is 0. The Hall–Kier alpha value is -3.01. The van der Waals surface area contributed by atoms with Crippen molar-refractivity contribution in [3.63, 3.8) is 0 Å². The minimum absolute atomic E-state index is 0.0188. The van der Waals surface area contributed by atoms with Gasteiger partial charge in [0.1, 0.15) is 17.2 Å². The van der Waals surface area contributed by atoms with Crippen LogP contribution >= 0.6 is 0 Å². The van der Waals surface area contributed by atoms with Crippen molar-refractivity contribution >= 4 is 23.3 Å². The number of nitro groups is 1. The number of carbonyl (C=O) groups excluding carboxylic acids is 2. The Morgan fingerprint density at radius 1 is 1.52 bits per heavy atom. The van der Waals surface area contributed by atoms with E-state index in [4.69, 9.17) is 5.11 Å². The van der Waals surface area contributed by atoms with Crippen molar-refractivity contribution in [1.29, 1.82) is 0 Å². The van der Waals surface area contributed by atoms with Crippen LogP contribution < -0.4 is 5.32 Å². The predicted octanol–water partition coefficient (Wildman–Crippen LogP) is 0.716. The second kappa shape index (κ2) is 7.26. The van der Waals surface area contributed by atoms with E-state index in [9.17, 15) is 24.1 Å². The van der Waals surface area contributed by atoms with Crippen LogP contribution in [0.15, 0.2) is 23.4 Å². The first kappa shape index (κ1) is 18.3. The predicted molar refractivity (Wildman–Crippen MR) is 84.1 cm³/mol. The van der Waals surface area contributed by atoms with E-state index in [1.807, 2.05) is 0 Å². The molecule has 134 valence electrons. The number of hydrogen-bond acceptors (Lipinski definition) is 7. The Balaban J connectivity index is 2.48. The van der Waals surface area contributed by atoms with Crippen molar-refractivity contribution in [2.75, 3.05) is 32.1 Å². The van der Waals surface area contributed by atoms with Gasteiger partial charge in [-0.2, -0.15) is 0 Å². The number of β-amino-alcohol motifs (C(OH)–C–C–N with tert-alkyl or cyclic N) is 1. The zero-order chi connectivity index (χ0) is 18.7. The lowest BCUT2D eigenvalue weighted by Crippen LogP contribution is -2.31. The zero-order valence-electron chi connectivity index (χ0n) is 13.5. The molecule has 0 atom stereocenters. The molecule has 0 radical (unpaired) electrons. The van der Waals surface area contributed by atoms with Crippen molar-refractivity contribution < 1.29 is 28.7 Å². The number of aliphatic hydroxyl groups excluding tert-OH is 1. The van der Waals surface area contributed by atoms with Crippen LogP contribution in [0.2, 0.25) is 0 Å². The molecule has 1 heterocycles. The highest BCUT2D eigenvalue weighted by atomic mass is 19.1. The molecule has 0 spiro atoms. The average molecular weight is 353 g/mol. The number of ether oxygens (including phenoxy) is 1. The lowest BCUT2D eigenvalue weighted by atomic mass is 10.1. The van der Waals surface area contributed by atoms with Crippen LogP contribution in [0.3, 0.4) is 0 Å². The van der Waals surface area contributed by atoms with E-state index in [1.165, 1.54) is 17.9 Å². The molecule has 0 saturated heterocycles. The number of nitrogens with one attached hydrogen (secondary N) is 1. The average Bonchev–Trinajstić information content (AvgIpc) is 2.87. The Morgan fingerprint density at radius 3 is 2.76 bits per heavy atom. The molecule has 1 amide bonds. The van der Waals surface area contributed by atoms with Gasteiger partial charge in [-0.15, -0.1) is 0 Å². The van der Waals surface area contributed by atoms with E-state index in [2.05, 4.69) is 10.1 Å². The third-order valence-electron chi connectivity index (χ3n) is 3.69. The smallest absolute Gasteiger partial charge is 0.337 e. The summed E-state index contributed by atoms with van der Waals surface area (Å²) in [6, 6.07) is 1.91. The number of aliphatic hydroxyl groups is 1. The van der Waals surface area contributed by atoms with Crippen LogP contribution in [0.4, 0.5) is 15.8 Å². The third kappa shape index (κ3) is 3.58. The summed E-state index contributed by atoms with van der Waals surface area (Å²) in [7, 11) is 1.14. The van der Waals surface area contributed by atoms with Gasteiger partial charge in [-0.25, -0.2) is 9.18 Å². The fourth-order valence-corrected chi connectivity index (χ4v) is 2.41. The third-order valence-corrected chi connectivity index (χ3v) is 3.69. The number of amides is 1. The van der Waals surface area contributed by atoms with Crippen LogP contribution in [0.5, 0.6) is 0 Å². The normalized spacial score (nSPS) is 14.1. The van der Waals surface area contributed by atoms with Gasteiger partial charge in [0.2, 0.25) is 0 Å². The summed E-state index contributed by atoms with van der Waals surface area (Å²) in [5.41, 5.74) is -0.801. The van der Waals surface area contributed by atoms with E-state index in [0.29, 0.717) is 0 Å². The van der Waals surface area contributed by atoms with Crippen molar-refractivity contribution in [3.05, 3.63) is 44.9 Å². The largest absolute Gasteiger partial charge is 0.466 e. The molecule has 1 aliphatic heterocycles. The lowest BCUT2D eigenvalue weighted by Gasteiger charge is -2.15. The van der Waals surface area contributed by atoms with Gasteiger partial charge in [0, 0.05) is 6.54 Å². The maximum Gasteiger partial charge on any atom is 0.337 e. The Labute approximate surface area is 141 Å². The van der Waals surface area contributed by atoms with Gasteiger partial charge >= 0.3 is 5.97 Å². The van der Waals surface area contributed by atoms with Crippen molar-refractivity contribution in [2.45, 2.75) is 6.92 Å². The van der Waals surface area contributed by atoms with E-state index in [1.54, 1.807) is 0 Å². The van der Waals surface area contributed by atoms with Gasteiger partial charge < -0.3 is 20.1 Å². The molecule has 1 aromatic rings. The number of halogens is 1. The number of carbonyl (C=O) groups is 2. The second-order valence-corrected chi connectivity index (χ2v) is 5.30. The van der Waals surface area contributed by atoms with Crippen LogP contribution in [0.25, 0.3) is 0 Å². The zero-order valence-corrected chi connectivity index (χ0v) is 13.5. The number of benzene rings is 1. The van der Waals surface area contributed by atoms with E-state index in [0.717, 1.165) is 13.2 Å². The molecule has 0 bridgehead atoms. The van der Waals surface area contributed by atoms with Crippen molar-refractivity contribution in [2.24, 2.45) is 0 Å². The molecular weight excluding hydrogens is 337 g/mol. The highest BCUT2D eigenvalue weighted by Gasteiger charge is 2.35. The number of aryl methyl sites for hydroxylation is 1. The van der Waals surface area contributed by atoms with Crippen LogP contribution in [-0.2, 0) is 14.3 Å². The Morgan fingerprint density at radius 2 is 2.20 bits per heavy atom. The van der Waals surface area contributed by atoms with Gasteiger partial charge in [0.25, 0.3) is 11.6 Å². The molecular formula is C15H16FN3O6. The van der Waals surface area contributed by atoms with E-state index >= 15 is 0 Å². The van der Waals surface area contributed by atoms with Crippen LogP contribution in [-0.4, -0.2) is 53.6 Å². The molecule has 0 aromatic heterocycles. The molecule has 9 nitrogen and oxygen atoms in total. The number of anilines is 1. The number of hydrogen-bond donors (Lipinski definition) is 2. The topological polar surface area (TPSA) is 122 Å². The van der Waals surface area contributed by atoms with Gasteiger partial charge in [0.15, 0.2) is 0 Å². The van der Waals surface area contributed by atoms with Crippen LogP contribution in [0.1, 0.15) is 5.56 Å². The fraction of sp³-hybridized carbons (Fsp3) is 0.333. The van der Waals surface area contributed by atoms with Gasteiger partial charge in [-0.3, -0.25) is 14.9 Å². The minimum Gasteiger partial charge on any atom is -0.466 e. The number of nitro benzene ring substituents is 1. The quantitative estimate of drug-likeness (QED) is 0.439. The number of rotatable bonds is 6. The summed E-state index contributed by atoms with van der Waals surface area (Å²) in [6.45, 7) is 0.967. The maximum absolute atomic E-state index is 13.6. The minimum atomic E-state index is -0.797. The first-order valence-electron chi connectivity index (χ1n) is 7.23. The summed E-state index contributed by atoms with van der Waals surface area (Å²) in [4.78, 5) is 35.8. The molecule has 10 heteroatoms. The first-order chi connectivity index (χ1) is 11.8. The van der Waals surface area contributed by atoms with Gasteiger partial charge in [0.05, 0.1) is 36.8 Å². The second-order valence-electron chi connectivity index (χ2n) is 5.30. The molecule has 0 unspecified atom stereocenters. The fourth-order valence-electron chi connectivity index (χ4n) is 2.41. The standard InChI is InChI=1S/C15H16FN3O6/c1-8-5-11(12(19(23)24)6-10(8)16)17-13-9(15(22)25-2)7-18(3-4-20)14(13)21/h5-6,17,20H,3-4,7H2,1-2H3. The molecule has 0 saturated carbocycles. The molecule has 1 aliphatic rings. The number of methoxy groups -OCH3 is 1. The molecule has 2 rings (SSSR count).